The summed E-state index contributed by atoms with van der Waals surface area (Å²) < 4.78 is 212. The lowest BCUT2D eigenvalue weighted by molar-refractivity contribution is -0.441. The van der Waals surface area contributed by atoms with Crippen LogP contribution < -0.4 is 0 Å². The fourth-order valence-electron chi connectivity index (χ4n) is 1.42. The highest BCUT2D eigenvalue weighted by molar-refractivity contribution is 5.12. The molecule has 0 aliphatic heterocycles. The summed E-state index contributed by atoms with van der Waals surface area (Å²) in [5, 5.41) is 0. The summed E-state index contributed by atoms with van der Waals surface area (Å²) in [6.45, 7) is 0. The van der Waals surface area contributed by atoms with Crippen molar-refractivity contribution < 1.29 is 74.6 Å². The minimum Gasteiger partial charge on any atom is -0.202 e. The zero-order chi connectivity index (χ0) is 22.5. The maximum Gasteiger partial charge on any atom is 0.460 e. The summed E-state index contributed by atoms with van der Waals surface area (Å²) in [5.41, 5.74) is 0. The van der Waals surface area contributed by atoms with Gasteiger partial charge in [0.1, 0.15) is 0 Å². The Bertz CT molecular complexity index is 561. The SMILES string of the molecule is FC(F)=CC(F)(F)CC(F)(F)C(F)(F)C(F)(F)C(F)(F)C(F)(F)C(F)(F)F. The van der Waals surface area contributed by atoms with E-state index in [1.165, 1.54) is 0 Å². The smallest absolute Gasteiger partial charge is 0.202 e. The van der Waals surface area contributed by atoms with E-state index in [1.807, 2.05) is 0 Å². The molecule has 0 bridgehead atoms. The molecule has 27 heavy (non-hydrogen) atoms. The topological polar surface area (TPSA) is 0 Å². The molecular weight excluding hydrogens is 443 g/mol. The van der Waals surface area contributed by atoms with Crippen molar-refractivity contribution in [2.24, 2.45) is 0 Å². The molecule has 0 heterocycles. The second kappa shape index (κ2) is 6.56. The molecule has 0 aromatic rings. The summed E-state index contributed by atoms with van der Waals surface area (Å²) >= 11 is 0. The highest BCUT2D eigenvalue weighted by Gasteiger charge is 2.90. The summed E-state index contributed by atoms with van der Waals surface area (Å²) in [4.78, 5) is 0. The van der Waals surface area contributed by atoms with Gasteiger partial charge in [-0.2, -0.15) is 65.9 Å². The second-order valence-corrected chi connectivity index (χ2v) is 4.87. The quantitative estimate of drug-likeness (QED) is 0.390. The van der Waals surface area contributed by atoms with E-state index in [2.05, 4.69) is 0 Å². The van der Waals surface area contributed by atoms with Crippen LogP contribution in [0.25, 0.3) is 0 Å². The summed E-state index contributed by atoms with van der Waals surface area (Å²) in [7, 11) is 0. The van der Waals surface area contributed by atoms with E-state index in [4.69, 9.17) is 0 Å². The number of hydrogen-bond donors (Lipinski definition) is 0. The molecule has 0 unspecified atom stereocenters. The Hall–Kier alpha value is -1.45. The molecule has 0 aromatic heterocycles. The Balaban J connectivity index is 6.28. The second-order valence-electron chi connectivity index (χ2n) is 4.87. The molecular formula is C10H3F17. The minimum atomic E-state index is -8.25. The lowest BCUT2D eigenvalue weighted by Gasteiger charge is -2.40. The van der Waals surface area contributed by atoms with Crippen LogP contribution in [0.3, 0.4) is 0 Å². The van der Waals surface area contributed by atoms with Crippen molar-refractivity contribution in [3.8, 4) is 0 Å². The number of hydrogen-bond acceptors (Lipinski definition) is 0. The maximum atomic E-state index is 13.0. The van der Waals surface area contributed by atoms with E-state index in [0.717, 1.165) is 0 Å². The third-order valence-corrected chi connectivity index (χ3v) is 2.78. The molecule has 0 aliphatic rings. The van der Waals surface area contributed by atoms with Crippen LogP contribution in [0.5, 0.6) is 0 Å². The third kappa shape index (κ3) is 4.20. The average molecular weight is 446 g/mol. The van der Waals surface area contributed by atoms with Gasteiger partial charge in [0.25, 0.3) is 12.0 Å². The van der Waals surface area contributed by atoms with Crippen LogP contribution in [-0.4, -0.2) is 41.7 Å². The fourth-order valence-corrected chi connectivity index (χ4v) is 1.42. The predicted molar refractivity (Wildman–Crippen MR) is 50.7 cm³/mol. The Morgan fingerprint density at radius 1 is 0.519 bits per heavy atom. The number of alkyl halides is 15. The molecule has 0 spiro atoms. The molecule has 0 saturated heterocycles. The minimum absolute atomic E-state index is 1.78. The van der Waals surface area contributed by atoms with Gasteiger partial charge < -0.3 is 0 Å². The van der Waals surface area contributed by atoms with Gasteiger partial charge >= 0.3 is 35.8 Å². The van der Waals surface area contributed by atoms with Gasteiger partial charge in [-0.05, 0) is 0 Å². The van der Waals surface area contributed by atoms with E-state index in [0.29, 0.717) is 0 Å². The number of rotatable bonds is 7. The van der Waals surface area contributed by atoms with E-state index in [1.54, 1.807) is 0 Å². The summed E-state index contributed by atoms with van der Waals surface area (Å²) in [5.74, 6) is -45.4. The van der Waals surface area contributed by atoms with Crippen molar-refractivity contribution in [1.82, 2.24) is 0 Å². The molecule has 0 rings (SSSR count). The van der Waals surface area contributed by atoms with Crippen molar-refractivity contribution in [3.05, 3.63) is 12.2 Å². The first-order valence-electron chi connectivity index (χ1n) is 5.75. The Kier molecular flexibility index (Phi) is 6.21. The van der Waals surface area contributed by atoms with E-state index in [9.17, 15) is 74.6 Å². The van der Waals surface area contributed by atoms with Crippen LogP contribution in [0.2, 0.25) is 0 Å². The first-order valence-corrected chi connectivity index (χ1v) is 5.75. The van der Waals surface area contributed by atoms with Gasteiger partial charge in [-0.3, -0.25) is 0 Å². The lowest BCUT2D eigenvalue weighted by Crippen LogP contribution is -2.70. The lowest BCUT2D eigenvalue weighted by atomic mass is 9.91. The van der Waals surface area contributed by atoms with Crippen molar-refractivity contribution in [3.63, 3.8) is 0 Å². The highest BCUT2D eigenvalue weighted by atomic mass is 19.4. The highest BCUT2D eigenvalue weighted by Crippen LogP contribution is 2.61. The molecule has 0 saturated carbocycles. The van der Waals surface area contributed by atoms with Crippen LogP contribution in [0.1, 0.15) is 6.42 Å². The van der Waals surface area contributed by atoms with Crippen LogP contribution >= 0.6 is 0 Å². The predicted octanol–water partition coefficient (Wildman–Crippen LogP) is 6.53. The van der Waals surface area contributed by atoms with Gasteiger partial charge in [0.05, 0.1) is 6.42 Å². The molecule has 0 aromatic carbocycles. The zero-order valence-corrected chi connectivity index (χ0v) is 11.7. The third-order valence-electron chi connectivity index (χ3n) is 2.78. The van der Waals surface area contributed by atoms with Crippen LogP contribution in [-0.2, 0) is 0 Å². The average Bonchev–Trinajstić information content (AvgIpc) is 2.32. The van der Waals surface area contributed by atoms with Crippen molar-refractivity contribution in [1.29, 1.82) is 0 Å². The van der Waals surface area contributed by atoms with Gasteiger partial charge in [0.15, 0.2) is 0 Å². The number of halogens is 17. The van der Waals surface area contributed by atoms with Gasteiger partial charge in [-0.1, -0.05) is 0 Å². The normalized spacial score (nSPS) is 15.7. The van der Waals surface area contributed by atoms with Gasteiger partial charge in [-0.15, -0.1) is 0 Å². The van der Waals surface area contributed by atoms with Crippen molar-refractivity contribution in [2.45, 2.75) is 48.1 Å². The van der Waals surface area contributed by atoms with Crippen molar-refractivity contribution in [2.75, 3.05) is 0 Å². The molecule has 0 fully saturated rings. The molecule has 0 N–H and O–H groups in total. The Morgan fingerprint density at radius 2 is 0.852 bits per heavy atom. The monoisotopic (exact) mass is 446 g/mol. The Labute approximate surface area is 136 Å². The largest absolute Gasteiger partial charge is 0.460 e. The molecule has 0 atom stereocenters. The van der Waals surface area contributed by atoms with Crippen molar-refractivity contribution >= 4 is 0 Å². The first kappa shape index (κ1) is 25.6. The van der Waals surface area contributed by atoms with E-state index >= 15 is 0 Å². The fraction of sp³-hybridized carbons (Fsp3) is 0.800. The zero-order valence-electron chi connectivity index (χ0n) is 11.7. The first-order chi connectivity index (χ1) is 11.4. The van der Waals surface area contributed by atoms with Crippen LogP contribution in [0.4, 0.5) is 74.6 Å². The van der Waals surface area contributed by atoms with E-state index < -0.39 is 60.3 Å². The summed E-state index contributed by atoms with van der Waals surface area (Å²) in [6, 6.07) is 0. The van der Waals surface area contributed by atoms with Gasteiger partial charge in [0.2, 0.25) is 0 Å². The molecule has 17 heteroatoms. The summed E-state index contributed by atoms with van der Waals surface area (Å²) in [6.07, 6.45) is -17.0. The van der Waals surface area contributed by atoms with E-state index in [-0.39, 0.29) is 0 Å². The maximum absolute atomic E-state index is 13.0. The standard InChI is InChI=1S/C10H3F17/c11-3(12)1-4(13,14)2-5(15,16)6(17,18)7(19,20)8(21,22)9(23,24)10(25,26)27/h1H,2H2. The molecule has 0 radical (unpaired) electrons. The Morgan fingerprint density at radius 3 is 1.15 bits per heavy atom. The number of allylic oxidation sites excluding steroid dienone is 1. The molecule has 0 aliphatic carbocycles. The van der Waals surface area contributed by atoms with Gasteiger partial charge in [0, 0.05) is 6.08 Å². The van der Waals surface area contributed by atoms with Crippen LogP contribution in [0.15, 0.2) is 12.2 Å². The molecule has 0 nitrogen and oxygen atoms in total. The molecule has 0 amide bonds. The van der Waals surface area contributed by atoms with Crippen LogP contribution in [0, 0.1) is 0 Å². The van der Waals surface area contributed by atoms with Gasteiger partial charge in [-0.25, -0.2) is 8.78 Å². The molecule has 162 valence electrons.